The highest BCUT2D eigenvalue weighted by atomic mass is 16.5. The summed E-state index contributed by atoms with van der Waals surface area (Å²) in [7, 11) is 2.44. The number of ether oxygens (including phenoxy) is 2. The zero-order chi connectivity index (χ0) is 17.5. The maximum Gasteiger partial charge on any atom is 0.338 e. The van der Waals surface area contributed by atoms with Gasteiger partial charge in [-0.1, -0.05) is 30.3 Å². The Kier molecular flexibility index (Phi) is 5.57. The molecule has 1 aromatic heterocycles. The number of furan rings is 1. The lowest BCUT2D eigenvalue weighted by atomic mass is 9.94. The van der Waals surface area contributed by atoms with Crippen LogP contribution in [0.1, 0.15) is 11.3 Å². The first-order chi connectivity index (χ1) is 11.6. The lowest BCUT2D eigenvalue weighted by Gasteiger charge is -2.13. The lowest BCUT2D eigenvalue weighted by Crippen LogP contribution is -2.13. The van der Waals surface area contributed by atoms with Crippen LogP contribution in [0.25, 0.3) is 11.3 Å². The van der Waals surface area contributed by atoms with E-state index in [0.29, 0.717) is 16.9 Å². The van der Waals surface area contributed by atoms with Gasteiger partial charge in [-0.3, -0.25) is 0 Å². The zero-order valence-electron chi connectivity index (χ0n) is 13.3. The molecular formula is C18H17NO5. The van der Waals surface area contributed by atoms with E-state index in [0.717, 1.165) is 6.08 Å². The van der Waals surface area contributed by atoms with Crippen molar-refractivity contribution in [2.45, 2.75) is 0 Å². The minimum absolute atomic E-state index is 0.0237. The van der Waals surface area contributed by atoms with E-state index in [1.54, 1.807) is 36.4 Å². The first kappa shape index (κ1) is 17.1. The molecule has 6 nitrogen and oxygen atoms in total. The maximum atomic E-state index is 12.2. The number of rotatable bonds is 5. The summed E-state index contributed by atoms with van der Waals surface area (Å²) < 4.78 is 14.7. The van der Waals surface area contributed by atoms with Crippen molar-refractivity contribution in [2.75, 3.05) is 14.2 Å². The van der Waals surface area contributed by atoms with Gasteiger partial charge in [0, 0.05) is 11.6 Å². The van der Waals surface area contributed by atoms with Crippen molar-refractivity contribution in [3.8, 4) is 0 Å². The van der Waals surface area contributed by atoms with E-state index >= 15 is 0 Å². The molecule has 124 valence electrons. The van der Waals surface area contributed by atoms with Crippen molar-refractivity contribution in [1.82, 2.24) is 0 Å². The Balaban J connectivity index is 2.73. The summed E-state index contributed by atoms with van der Waals surface area (Å²) in [5.41, 5.74) is 7.34. The van der Waals surface area contributed by atoms with Crippen LogP contribution in [0.2, 0.25) is 0 Å². The molecule has 0 bridgehead atoms. The van der Waals surface area contributed by atoms with Crippen LogP contribution in [0, 0.1) is 0 Å². The number of hydrogen-bond acceptors (Lipinski definition) is 6. The SMILES string of the molecule is COC(=O)/C=C(C(=O)OC)/C(=C(/N)c1ccco1)c1ccccc1. The first-order valence-electron chi connectivity index (χ1n) is 7.05. The topological polar surface area (TPSA) is 91.8 Å². The molecule has 0 spiro atoms. The second-order valence-corrected chi connectivity index (χ2v) is 4.70. The van der Waals surface area contributed by atoms with Gasteiger partial charge in [-0.05, 0) is 17.7 Å². The molecule has 6 heteroatoms. The third-order valence-electron chi connectivity index (χ3n) is 3.26. The van der Waals surface area contributed by atoms with E-state index in [1.165, 1.54) is 20.5 Å². The van der Waals surface area contributed by atoms with Gasteiger partial charge in [0.1, 0.15) is 5.76 Å². The molecule has 0 aliphatic carbocycles. The van der Waals surface area contributed by atoms with Gasteiger partial charge in [0.05, 0.1) is 31.8 Å². The fourth-order valence-electron chi connectivity index (χ4n) is 2.14. The Bertz CT molecular complexity index is 773. The summed E-state index contributed by atoms with van der Waals surface area (Å²) in [6, 6.07) is 12.3. The Morgan fingerprint density at radius 1 is 1.04 bits per heavy atom. The number of methoxy groups -OCH3 is 2. The Hall–Kier alpha value is -3.28. The van der Waals surface area contributed by atoms with Gasteiger partial charge in [0.25, 0.3) is 0 Å². The van der Waals surface area contributed by atoms with Crippen molar-refractivity contribution in [2.24, 2.45) is 5.73 Å². The van der Waals surface area contributed by atoms with Crippen LogP contribution in [0.3, 0.4) is 0 Å². The molecule has 1 aromatic carbocycles. The molecule has 0 saturated carbocycles. The normalized spacial score (nSPS) is 12.3. The molecule has 0 aliphatic heterocycles. The van der Waals surface area contributed by atoms with Crippen LogP contribution in [-0.4, -0.2) is 26.2 Å². The van der Waals surface area contributed by atoms with Gasteiger partial charge >= 0.3 is 11.9 Å². The molecule has 0 aliphatic rings. The maximum absolute atomic E-state index is 12.2. The van der Waals surface area contributed by atoms with Gasteiger partial charge in [-0.15, -0.1) is 0 Å². The molecule has 0 atom stereocenters. The van der Waals surface area contributed by atoms with Crippen molar-refractivity contribution in [1.29, 1.82) is 0 Å². The molecule has 1 heterocycles. The van der Waals surface area contributed by atoms with Crippen molar-refractivity contribution in [3.05, 3.63) is 71.7 Å². The number of esters is 2. The molecule has 2 aromatic rings. The summed E-state index contributed by atoms with van der Waals surface area (Å²) in [4.78, 5) is 23.9. The third-order valence-corrected chi connectivity index (χ3v) is 3.26. The predicted octanol–water partition coefficient (Wildman–Crippen LogP) is 2.38. The average molecular weight is 327 g/mol. The number of carbonyl (C=O) groups is 2. The first-order valence-corrected chi connectivity index (χ1v) is 7.05. The fraction of sp³-hybridized carbons (Fsp3) is 0.111. The summed E-state index contributed by atoms with van der Waals surface area (Å²) in [6.07, 6.45) is 2.51. The third kappa shape index (κ3) is 3.73. The van der Waals surface area contributed by atoms with E-state index in [4.69, 9.17) is 14.9 Å². The largest absolute Gasteiger partial charge is 0.466 e. The average Bonchev–Trinajstić information content (AvgIpc) is 3.15. The van der Waals surface area contributed by atoms with Gasteiger partial charge in [0.15, 0.2) is 0 Å². The van der Waals surface area contributed by atoms with Gasteiger partial charge in [0.2, 0.25) is 0 Å². The predicted molar refractivity (Wildman–Crippen MR) is 88.3 cm³/mol. The van der Waals surface area contributed by atoms with E-state index in [-0.39, 0.29) is 11.3 Å². The standard InChI is InChI=1S/C18H17NO5/c1-22-15(20)11-13(18(21)23-2)16(12-7-4-3-5-8-12)17(19)14-9-6-10-24-14/h3-11H,19H2,1-2H3/b13-11-,17-16+. The molecule has 2 rings (SSSR count). The molecule has 0 saturated heterocycles. The van der Waals surface area contributed by atoms with Gasteiger partial charge in [-0.25, -0.2) is 9.59 Å². The minimum atomic E-state index is -0.714. The van der Waals surface area contributed by atoms with Crippen molar-refractivity contribution in [3.63, 3.8) is 0 Å². The molecular weight excluding hydrogens is 310 g/mol. The van der Waals surface area contributed by atoms with Crippen LogP contribution >= 0.6 is 0 Å². The lowest BCUT2D eigenvalue weighted by molar-refractivity contribution is -0.138. The summed E-state index contributed by atoms with van der Waals surface area (Å²) in [6.45, 7) is 0. The Morgan fingerprint density at radius 2 is 1.75 bits per heavy atom. The van der Waals surface area contributed by atoms with E-state index in [9.17, 15) is 9.59 Å². The highest BCUT2D eigenvalue weighted by Crippen LogP contribution is 2.30. The highest BCUT2D eigenvalue weighted by Gasteiger charge is 2.23. The van der Waals surface area contributed by atoms with Gasteiger partial charge in [-0.2, -0.15) is 0 Å². The van der Waals surface area contributed by atoms with Crippen molar-refractivity contribution < 1.29 is 23.5 Å². The molecule has 24 heavy (non-hydrogen) atoms. The highest BCUT2D eigenvalue weighted by molar-refractivity contribution is 6.15. The molecule has 0 radical (unpaired) electrons. The van der Waals surface area contributed by atoms with E-state index in [2.05, 4.69) is 4.74 Å². The summed E-state index contributed by atoms with van der Waals surface area (Å²) >= 11 is 0. The van der Waals surface area contributed by atoms with E-state index < -0.39 is 11.9 Å². The molecule has 0 fully saturated rings. The Morgan fingerprint density at radius 3 is 2.29 bits per heavy atom. The quantitative estimate of drug-likeness (QED) is 0.515. The van der Waals surface area contributed by atoms with Crippen LogP contribution in [-0.2, 0) is 19.1 Å². The van der Waals surface area contributed by atoms with Crippen LogP contribution < -0.4 is 5.73 Å². The van der Waals surface area contributed by atoms with Crippen molar-refractivity contribution >= 4 is 23.2 Å². The molecule has 0 unspecified atom stereocenters. The monoisotopic (exact) mass is 327 g/mol. The molecule has 2 N–H and O–H groups in total. The second-order valence-electron chi connectivity index (χ2n) is 4.70. The second kappa shape index (κ2) is 7.82. The number of carbonyl (C=O) groups excluding carboxylic acids is 2. The van der Waals surface area contributed by atoms with Crippen LogP contribution in [0.4, 0.5) is 0 Å². The van der Waals surface area contributed by atoms with E-state index in [1.807, 2.05) is 6.07 Å². The smallest absolute Gasteiger partial charge is 0.338 e. The number of benzene rings is 1. The minimum Gasteiger partial charge on any atom is -0.466 e. The van der Waals surface area contributed by atoms with Crippen LogP contribution in [0.15, 0.2) is 64.8 Å². The fourth-order valence-corrected chi connectivity index (χ4v) is 2.14. The summed E-state index contributed by atoms with van der Waals surface area (Å²) in [5.74, 6) is -1.04. The number of hydrogen-bond donors (Lipinski definition) is 1. The van der Waals surface area contributed by atoms with Crippen LogP contribution in [0.5, 0.6) is 0 Å². The Labute approximate surface area is 139 Å². The molecule has 0 amide bonds. The number of nitrogens with two attached hydrogens (primary N) is 1. The van der Waals surface area contributed by atoms with Gasteiger partial charge < -0.3 is 19.6 Å². The zero-order valence-corrected chi connectivity index (χ0v) is 13.3. The summed E-state index contributed by atoms with van der Waals surface area (Å²) in [5, 5.41) is 0.